The summed E-state index contributed by atoms with van der Waals surface area (Å²) in [7, 11) is 0. The number of hydrogen-bond donors (Lipinski definition) is 0. The van der Waals surface area contributed by atoms with Gasteiger partial charge in [-0.3, -0.25) is 4.98 Å². The van der Waals surface area contributed by atoms with Crippen LogP contribution in [0.15, 0.2) is 158 Å². The highest BCUT2D eigenvalue weighted by atomic mass is 14.8. The van der Waals surface area contributed by atoms with E-state index in [0.29, 0.717) is 0 Å². The van der Waals surface area contributed by atoms with Crippen LogP contribution in [0, 0.1) is 0 Å². The summed E-state index contributed by atoms with van der Waals surface area (Å²) in [6.45, 7) is 4.69. The van der Waals surface area contributed by atoms with Crippen molar-refractivity contribution in [1.29, 1.82) is 0 Å². The Balaban J connectivity index is 1.30. The van der Waals surface area contributed by atoms with Crippen molar-refractivity contribution in [3.05, 3.63) is 169 Å². The molecule has 0 bridgehead atoms. The van der Waals surface area contributed by atoms with Gasteiger partial charge in [-0.15, -0.1) is 0 Å². The summed E-state index contributed by atoms with van der Waals surface area (Å²) in [6.07, 6.45) is 1.94. The number of nitrogens with zero attached hydrogens (tertiary/aromatic N) is 2. The zero-order valence-electron chi connectivity index (χ0n) is 27.4. The van der Waals surface area contributed by atoms with Crippen molar-refractivity contribution in [2.75, 3.05) is 0 Å². The molecule has 8 aromatic carbocycles. The maximum Gasteiger partial charge on any atom is 0.0905 e. The Morgan fingerprint density at radius 1 is 0.429 bits per heavy atom. The lowest BCUT2D eigenvalue weighted by Crippen LogP contribution is -2.14. The number of hydrogen-bond acceptors (Lipinski definition) is 2. The fraction of sp³-hybridized carbons (Fsp3) is 0.0638. The van der Waals surface area contributed by atoms with E-state index in [1.165, 1.54) is 76.8 Å². The van der Waals surface area contributed by atoms with Gasteiger partial charge < -0.3 is 0 Å². The molecule has 0 saturated heterocycles. The molecule has 1 aromatic heterocycles. The van der Waals surface area contributed by atoms with Crippen LogP contribution in [0.2, 0.25) is 0 Å². The van der Waals surface area contributed by atoms with Crippen LogP contribution < -0.4 is 0 Å². The molecule has 10 rings (SSSR count). The lowest BCUT2D eigenvalue weighted by molar-refractivity contribution is 0.660. The second-order valence-corrected chi connectivity index (χ2v) is 13.8. The lowest BCUT2D eigenvalue weighted by Gasteiger charge is -2.22. The van der Waals surface area contributed by atoms with Crippen LogP contribution in [-0.4, -0.2) is 9.97 Å². The number of para-hydroxylation sites is 2. The molecule has 0 fully saturated rings. The largest absolute Gasteiger partial charge is 0.252 e. The molecule has 1 heterocycles. The van der Waals surface area contributed by atoms with Crippen LogP contribution in [-0.2, 0) is 5.41 Å². The Kier molecular flexibility index (Phi) is 5.95. The van der Waals surface area contributed by atoms with E-state index in [1.807, 2.05) is 30.5 Å². The SMILES string of the molecule is CC1(C)c2ccccc2-c2cc(-c3c4ccccc4c(-c4cnc5ccccc5n4)c4ccc(-c5ccc6ccccc6c5)cc34)ccc21. The number of aromatic nitrogens is 2. The third-order valence-corrected chi connectivity index (χ3v) is 10.7. The fourth-order valence-electron chi connectivity index (χ4n) is 8.27. The number of benzene rings is 8. The predicted octanol–water partition coefficient (Wildman–Crippen LogP) is 12.4. The molecule has 0 radical (unpaired) electrons. The first-order valence-electron chi connectivity index (χ1n) is 17.0. The molecular formula is C47H32N2. The summed E-state index contributed by atoms with van der Waals surface area (Å²) < 4.78 is 0. The van der Waals surface area contributed by atoms with Gasteiger partial charge in [0.25, 0.3) is 0 Å². The maximum absolute atomic E-state index is 5.19. The zero-order valence-corrected chi connectivity index (χ0v) is 27.4. The second kappa shape index (κ2) is 10.4. The summed E-state index contributed by atoms with van der Waals surface area (Å²) >= 11 is 0. The molecule has 2 heteroatoms. The molecule has 2 nitrogen and oxygen atoms in total. The van der Waals surface area contributed by atoms with Crippen molar-refractivity contribution >= 4 is 43.4 Å². The molecule has 0 atom stereocenters. The van der Waals surface area contributed by atoms with Crippen LogP contribution in [0.5, 0.6) is 0 Å². The van der Waals surface area contributed by atoms with Crippen LogP contribution in [0.3, 0.4) is 0 Å². The monoisotopic (exact) mass is 624 g/mol. The van der Waals surface area contributed by atoms with E-state index < -0.39 is 0 Å². The van der Waals surface area contributed by atoms with E-state index in [-0.39, 0.29) is 5.41 Å². The topological polar surface area (TPSA) is 25.8 Å². The van der Waals surface area contributed by atoms with Crippen molar-refractivity contribution < 1.29 is 0 Å². The fourth-order valence-corrected chi connectivity index (χ4v) is 8.27. The lowest BCUT2D eigenvalue weighted by atomic mass is 9.81. The molecule has 230 valence electrons. The molecule has 0 unspecified atom stereocenters. The van der Waals surface area contributed by atoms with Crippen molar-refractivity contribution in [2.45, 2.75) is 19.3 Å². The standard InChI is InChI=1S/C47H32N2/c1-47(2)40-16-8-7-13-34(40)38-27-33(22-24-41(38)47)45-35-14-5-6-15-36(35)46(44-28-48-42-17-9-10-18-43(42)49-44)37-23-21-32(26-39(37)45)31-20-19-29-11-3-4-12-30(29)25-31/h3-28H,1-2H3. The van der Waals surface area contributed by atoms with Gasteiger partial charge in [0.1, 0.15) is 0 Å². The summed E-state index contributed by atoms with van der Waals surface area (Å²) in [5, 5.41) is 7.25. The molecule has 0 aliphatic heterocycles. The molecule has 1 aliphatic carbocycles. The summed E-state index contributed by atoms with van der Waals surface area (Å²) in [5.74, 6) is 0. The van der Waals surface area contributed by atoms with Crippen LogP contribution in [0.25, 0.3) is 88.0 Å². The highest BCUT2D eigenvalue weighted by Crippen LogP contribution is 2.51. The van der Waals surface area contributed by atoms with E-state index in [0.717, 1.165) is 22.3 Å². The number of fused-ring (bicyclic) bond motifs is 7. The molecule has 0 saturated carbocycles. The summed E-state index contributed by atoms with van der Waals surface area (Å²) in [6, 6.07) is 55.3. The smallest absolute Gasteiger partial charge is 0.0905 e. The van der Waals surface area contributed by atoms with Gasteiger partial charge in [-0.1, -0.05) is 135 Å². The molecule has 0 spiro atoms. The Morgan fingerprint density at radius 2 is 1.06 bits per heavy atom. The van der Waals surface area contributed by atoms with Crippen molar-refractivity contribution in [1.82, 2.24) is 9.97 Å². The van der Waals surface area contributed by atoms with Gasteiger partial charge >= 0.3 is 0 Å². The highest BCUT2D eigenvalue weighted by Gasteiger charge is 2.35. The highest BCUT2D eigenvalue weighted by molar-refractivity contribution is 6.22. The minimum atomic E-state index is -0.0452. The molecule has 1 aliphatic rings. The van der Waals surface area contributed by atoms with Gasteiger partial charge in [-0.2, -0.15) is 0 Å². The summed E-state index contributed by atoms with van der Waals surface area (Å²) in [5.41, 5.74) is 14.0. The Labute approximate surface area is 285 Å². The minimum absolute atomic E-state index is 0.0452. The van der Waals surface area contributed by atoms with Gasteiger partial charge in [-0.25, -0.2) is 4.98 Å². The third kappa shape index (κ3) is 4.20. The first-order chi connectivity index (χ1) is 24.0. The quantitative estimate of drug-likeness (QED) is 0.183. The molecule has 49 heavy (non-hydrogen) atoms. The van der Waals surface area contributed by atoms with Crippen LogP contribution >= 0.6 is 0 Å². The molecular weight excluding hydrogens is 593 g/mol. The van der Waals surface area contributed by atoms with Gasteiger partial charge in [0, 0.05) is 11.0 Å². The Bertz CT molecular complexity index is 2810. The van der Waals surface area contributed by atoms with E-state index in [4.69, 9.17) is 9.97 Å². The predicted molar refractivity (Wildman–Crippen MR) is 206 cm³/mol. The normalized spacial score (nSPS) is 13.3. The van der Waals surface area contributed by atoms with Crippen LogP contribution in [0.1, 0.15) is 25.0 Å². The zero-order chi connectivity index (χ0) is 32.7. The van der Waals surface area contributed by atoms with E-state index in [2.05, 4.69) is 141 Å². The third-order valence-electron chi connectivity index (χ3n) is 10.7. The first-order valence-corrected chi connectivity index (χ1v) is 17.0. The minimum Gasteiger partial charge on any atom is -0.252 e. The van der Waals surface area contributed by atoms with Gasteiger partial charge in [0.05, 0.1) is 22.9 Å². The van der Waals surface area contributed by atoms with Crippen molar-refractivity contribution in [2.24, 2.45) is 0 Å². The molecule has 0 N–H and O–H groups in total. The average Bonchev–Trinajstić information content (AvgIpc) is 3.38. The number of rotatable bonds is 3. The average molecular weight is 625 g/mol. The second-order valence-electron chi connectivity index (χ2n) is 13.8. The van der Waals surface area contributed by atoms with Gasteiger partial charge in [-0.05, 0) is 107 Å². The van der Waals surface area contributed by atoms with Crippen LogP contribution in [0.4, 0.5) is 0 Å². The van der Waals surface area contributed by atoms with E-state index in [9.17, 15) is 0 Å². The van der Waals surface area contributed by atoms with Crippen molar-refractivity contribution in [3.63, 3.8) is 0 Å². The Hall–Kier alpha value is -6.12. The molecule has 0 amide bonds. The van der Waals surface area contributed by atoms with Gasteiger partial charge in [0.2, 0.25) is 0 Å². The van der Waals surface area contributed by atoms with E-state index >= 15 is 0 Å². The Morgan fingerprint density at radius 3 is 1.94 bits per heavy atom. The molecule has 9 aromatic rings. The van der Waals surface area contributed by atoms with Crippen molar-refractivity contribution in [3.8, 4) is 44.6 Å². The van der Waals surface area contributed by atoms with Gasteiger partial charge in [0.15, 0.2) is 0 Å². The first kappa shape index (κ1) is 27.9. The maximum atomic E-state index is 5.19. The van der Waals surface area contributed by atoms with E-state index in [1.54, 1.807) is 0 Å². The summed E-state index contributed by atoms with van der Waals surface area (Å²) in [4.78, 5) is 10.0.